The molecule has 0 N–H and O–H groups in total. The Morgan fingerprint density at radius 1 is 0.966 bits per heavy atom. The highest BCUT2D eigenvalue weighted by molar-refractivity contribution is 8.00. The number of carbonyl (C=O) groups is 2. The number of likely N-dealkylation sites (tertiary alicyclic amines) is 1. The van der Waals surface area contributed by atoms with Gasteiger partial charge in [-0.3, -0.25) is 9.59 Å². The Morgan fingerprint density at radius 2 is 1.66 bits per heavy atom. The molecule has 2 aliphatic heterocycles. The molecule has 1 spiro atoms. The molecule has 6 heteroatoms. The number of thioether (sulfide) groups is 1. The van der Waals surface area contributed by atoms with Crippen LogP contribution in [0.15, 0.2) is 54.6 Å². The summed E-state index contributed by atoms with van der Waals surface area (Å²) in [5.74, 6) is 0.375. The smallest absolute Gasteiger partial charge is 0.256 e. The average Bonchev–Trinajstić information content (AvgIpc) is 3.16. The summed E-state index contributed by atoms with van der Waals surface area (Å²) in [7, 11) is 0. The summed E-state index contributed by atoms with van der Waals surface area (Å²) in [6.07, 6.45) is 2.71. The van der Waals surface area contributed by atoms with Gasteiger partial charge >= 0.3 is 0 Å². The van der Waals surface area contributed by atoms with Gasteiger partial charge in [-0.2, -0.15) is 0 Å². The zero-order valence-electron chi connectivity index (χ0n) is 16.4. The van der Waals surface area contributed by atoms with Crippen LogP contribution in [-0.2, 0) is 11.2 Å². The molecule has 4 nitrogen and oxygen atoms in total. The van der Waals surface area contributed by atoms with Crippen molar-refractivity contribution in [2.45, 2.75) is 30.6 Å². The Kier molecular flexibility index (Phi) is 5.90. The number of benzene rings is 2. The lowest BCUT2D eigenvalue weighted by molar-refractivity contribution is -0.134. The first-order valence-corrected chi connectivity index (χ1v) is 11.1. The fourth-order valence-corrected chi connectivity index (χ4v) is 5.74. The number of carbonyl (C=O) groups excluding carboxylic acids is 2. The first-order valence-electron chi connectivity index (χ1n) is 10.1. The molecule has 0 atom stereocenters. The van der Waals surface area contributed by atoms with Crippen LogP contribution < -0.4 is 0 Å². The Labute approximate surface area is 175 Å². The molecule has 0 saturated carbocycles. The van der Waals surface area contributed by atoms with Crippen LogP contribution in [0.3, 0.4) is 0 Å². The number of rotatable bonds is 4. The van der Waals surface area contributed by atoms with Crippen LogP contribution in [0.1, 0.15) is 35.2 Å². The molecule has 2 aromatic carbocycles. The van der Waals surface area contributed by atoms with Gasteiger partial charge in [0.05, 0.1) is 10.4 Å². The summed E-state index contributed by atoms with van der Waals surface area (Å²) in [5, 5.41) is 0. The van der Waals surface area contributed by atoms with Crippen LogP contribution in [0.5, 0.6) is 0 Å². The number of piperidine rings is 1. The molecule has 0 unspecified atom stereocenters. The number of aryl methyl sites for hydroxylation is 1. The Morgan fingerprint density at radius 3 is 2.38 bits per heavy atom. The minimum atomic E-state index is -0.481. The van der Waals surface area contributed by atoms with Gasteiger partial charge in [0.2, 0.25) is 5.91 Å². The van der Waals surface area contributed by atoms with Gasteiger partial charge in [-0.1, -0.05) is 42.5 Å². The van der Waals surface area contributed by atoms with Gasteiger partial charge in [0.1, 0.15) is 5.82 Å². The van der Waals surface area contributed by atoms with Crippen molar-refractivity contribution in [3.05, 3.63) is 71.5 Å². The topological polar surface area (TPSA) is 40.6 Å². The Hall–Kier alpha value is -2.34. The maximum atomic E-state index is 14.0. The van der Waals surface area contributed by atoms with Crippen LogP contribution in [0, 0.1) is 5.82 Å². The van der Waals surface area contributed by atoms with E-state index in [2.05, 4.69) is 12.1 Å². The second kappa shape index (κ2) is 8.57. The van der Waals surface area contributed by atoms with E-state index in [1.54, 1.807) is 17.0 Å². The quantitative estimate of drug-likeness (QED) is 0.763. The van der Waals surface area contributed by atoms with Crippen LogP contribution in [0.4, 0.5) is 4.39 Å². The van der Waals surface area contributed by atoms with E-state index in [1.807, 2.05) is 34.9 Å². The summed E-state index contributed by atoms with van der Waals surface area (Å²) in [6.45, 7) is 1.85. The summed E-state index contributed by atoms with van der Waals surface area (Å²) < 4.78 is 14.0. The molecule has 0 aromatic heterocycles. The van der Waals surface area contributed by atoms with Gasteiger partial charge in [0.25, 0.3) is 5.91 Å². The highest BCUT2D eigenvalue weighted by atomic mass is 32.2. The minimum Gasteiger partial charge on any atom is -0.338 e. The largest absolute Gasteiger partial charge is 0.338 e. The van der Waals surface area contributed by atoms with Crippen LogP contribution in [-0.4, -0.2) is 51.9 Å². The number of amides is 2. The van der Waals surface area contributed by atoms with Gasteiger partial charge in [-0.25, -0.2) is 4.39 Å². The van der Waals surface area contributed by atoms with Crippen molar-refractivity contribution >= 4 is 23.6 Å². The van der Waals surface area contributed by atoms with E-state index in [-0.39, 0.29) is 22.2 Å². The van der Waals surface area contributed by atoms with Crippen LogP contribution >= 0.6 is 11.8 Å². The van der Waals surface area contributed by atoms with E-state index in [9.17, 15) is 14.0 Å². The van der Waals surface area contributed by atoms with Gasteiger partial charge in [-0.05, 0) is 37.0 Å². The summed E-state index contributed by atoms with van der Waals surface area (Å²) in [4.78, 5) is 29.2. The second-order valence-electron chi connectivity index (χ2n) is 7.60. The molecule has 2 fully saturated rings. The third-order valence-corrected chi connectivity index (χ3v) is 7.44. The molecule has 2 aromatic rings. The van der Waals surface area contributed by atoms with Crippen LogP contribution in [0.2, 0.25) is 0 Å². The molecular formula is C23H25FN2O2S. The van der Waals surface area contributed by atoms with Crippen LogP contribution in [0.25, 0.3) is 0 Å². The van der Waals surface area contributed by atoms with Crippen molar-refractivity contribution < 1.29 is 14.0 Å². The number of hydrogen-bond donors (Lipinski definition) is 0. The minimum absolute atomic E-state index is 0.123. The van der Waals surface area contributed by atoms with Gasteiger partial charge in [0, 0.05) is 31.8 Å². The lowest BCUT2D eigenvalue weighted by Gasteiger charge is -2.44. The van der Waals surface area contributed by atoms with Gasteiger partial charge in [-0.15, -0.1) is 11.8 Å². The maximum absolute atomic E-state index is 14.0. The molecule has 2 amide bonds. The third kappa shape index (κ3) is 4.17. The predicted octanol–water partition coefficient (Wildman–Crippen LogP) is 3.97. The van der Waals surface area contributed by atoms with Crippen molar-refractivity contribution in [1.82, 2.24) is 9.80 Å². The highest BCUT2D eigenvalue weighted by Gasteiger charge is 2.46. The van der Waals surface area contributed by atoms with E-state index < -0.39 is 5.82 Å². The van der Waals surface area contributed by atoms with Crippen molar-refractivity contribution in [2.75, 3.05) is 25.4 Å². The van der Waals surface area contributed by atoms with E-state index in [1.165, 1.54) is 17.7 Å². The molecule has 0 bridgehead atoms. The van der Waals surface area contributed by atoms with E-state index in [0.717, 1.165) is 31.6 Å². The fourth-order valence-electron chi connectivity index (χ4n) is 4.27. The SMILES string of the molecule is O=C(c1ccccc1F)N1CCC2(CC1)SCCN2C(=O)CCc1ccccc1. The first-order chi connectivity index (χ1) is 14.1. The lowest BCUT2D eigenvalue weighted by atomic mass is 10.00. The molecule has 0 radical (unpaired) electrons. The number of halogens is 1. The summed E-state index contributed by atoms with van der Waals surface area (Å²) in [6, 6.07) is 16.2. The normalized spacial score (nSPS) is 18.2. The molecule has 2 aliphatic rings. The zero-order chi connectivity index (χ0) is 20.3. The maximum Gasteiger partial charge on any atom is 0.256 e. The van der Waals surface area contributed by atoms with Crippen molar-refractivity contribution in [3.8, 4) is 0 Å². The number of hydrogen-bond acceptors (Lipinski definition) is 3. The van der Waals surface area contributed by atoms with Crippen molar-refractivity contribution in [3.63, 3.8) is 0 Å². The Balaban J connectivity index is 1.38. The predicted molar refractivity (Wildman–Crippen MR) is 113 cm³/mol. The fraction of sp³-hybridized carbons (Fsp3) is 0.391. The lowest BCUT2D eigenvalue weighted by Crippen LogP contribution is -2.53. The summed E-state index contributed by atoms with van der Waals surface area (Å²) >= 11 is 1.83. The molecule has 0 aliphatic carbocycles. The molecule has 152 valence electrons. The molecule has 2 saturated heterocycles. The van der Waals surface area contributed by atoms with Gasteiger partial charge in [0.15, 0.2) is 0 Å². The number of nitrogens with zero attached hydrogens (tertiary/aromatic N) is 2. The van der Waals surface area contributed by atoms with E-state index in [0.29, 0.717) is 19.5 Å². The van der Waals surface area contributed by atoms with Gasteiger partial charge < -0.3 is 9.80 Å². The molecule has 2 heterocycles. The first kappa shape index (κ1) is 20.0. The standard InChI is InChI=1S/C23H25FN2O2S/c24-20-9-5-4-8-19(20)22(28)25-14-12-23(13-15-25)26(16-17-29-23)21(27)11-10-18-6-2-1-3-7-18/h1-9H,10-17H2. The Bertz CT molecular complexity index is 881. The molecule has 4 rings (SSSR count). The third-order valence-electron chi connectivity index (χ3n) is 5.89. The van der Waals surface area contributed by atoms with Crippen molar-refractivity contribution in [2.24, 2.45) is 0 Å². The molecule has 29 heavy (non-hydrogen) atoms. The van der Waals surface area contributed by atoms with E-state index >= 15 is 0 Å². The highest BCUT2D eigenvalue weighted by Crippen LogP contribution is 2.44. The summed E-state index contributed by atoms with van der Waals surface area (Å²) in [5.41, 5.74) is 1.30. The molecular weight excluding hydrogens is 387 g/mol. The average molecular weight is 413 g/mol. The van der Waals surface area contributed by atoms with E-state index in [4.69, 9.17) is 0 Å². The zero-order valence-corrected chi connectivity index (χ0v) is 17.2. The monoisotopic (exact) mass is 412 g/mol. The van der Waals surface area contributed by atoms with Crippen molar-refractivity contribution in [1.29, 1.82) is 0 Å². The second-order valence-corrected chi connectivity index (χ2v) is 9.05.